The van der Waals surface area contributed by atoms with E-state index in [1.165, 1.54) is 83.5 Å². The zero-order chi connectivity index (χ0) is 71.6. The Morgan fingerprint density at radius 1 is 0.270 bits per heavy atom. The standard InChI is InChI=1S/C26H24N3.C24H28N3.C20H20N3.C18H16N3/c1-18-10-11-21(15-27)14-25(18)29-17-24(16-28(29)4)26-19(2)12-23(13-20(26)3)22-8-6-5-7-9-22;1-16(2)21-8-7-9-22(17(3)4)24(21)20-14-26(6)27(15-20)23-12-19(13-25)11-10-18(23)5;1-14-8-9-17(11-21)10-19(14)23-13-18(12-22(23)4)20-15(2)6-5-7-16(20)3;1-14-8-9-15(11-19)10-18(14)21-13-17(12-20(21)2)16-6-4-3-5-7-16/h5-14,16-17H,1-4H3;7-12,14-17H,1-6H3;5-10,12-13H,1-4H3;3-10,12-13H,1-2H3/q4*+1. The second-order valence-electron chi connectivity index (χ2n) is 26.6. The van der Waals surface area contributed by atoms with Gasteiger partial charge in [-0.1, -0.05) is 161 Å². The van der Waals surface area contributed by atoms with E-state index in [1.54, 1.807) is 0 Å². The van der Waals surface area contributed by atoms with Crippen molar-refractivity contribution in [2.24, 2.45) is 28.2 Å². The zero-order valence-corrected chi connectivity index (χ0v) is 60.5. The number of hydrogen-bond donors (Lipinski definition) is 0. The van der Waals surface area contributed by atoms with Gasteiger partial charge in [0.2, 0.25) is 24.8 Å². The minimum absolute atomic E-state index is 0.455. The van der Waals surface area contributed by atoms with Crippen molar-refractivity contribution in [3.63, 3.8) is 0 Å². The Balaban J connectivity index is 0.000000145. The number of aromatic nitrogens is 8. The van der Waals surface area contributed by atoms with Gasteiger partial charge in [-0.15, -0.1) is 37.5 Å². The summed E-state index contributed by atoms with van der Waals surface area (Å²) >= 11 is 0. The van der Waals surface area contributed by atoms with E-state index in [0.29, 0.717) is 34.1 Å². The Morgan fingerprint density at radius 3 is 0.870 bits per heavy atom. The molecular formula is C88H88N12+4. The van der Waals surface area contributed by atoms with Gasteiger partial charge in [-0.25, -0.2) is 0 Å². The first-order valence-electron chi connectivity index (χ1n) is 33.8. The Bertz CT molecular complexity index is 5260. The molecule has 13 aromatic rings. The molecule has 0 amide bonds. The van der Waals surface area contributed by atoms with Gasteiger partial charge in [0.15, 0.2) is 28.2 Å². The summed E-state index contributed by atoms with van der Waals surface area (Å²) in [5.41, 5.74) is 31.4. The third kappa shape index (κ3) is 15.4. The van der Waals surface area contributed by atoms with E-state index in [0.717, 1.165) is 50.6 Å². The smallest absolute Gasteiger partial charge is 0.192 e. The van der Waals surface area contributed by atoms with Gasteiger partial charge in [-0.05, 0) is 205 Å². The third-order valence-electron chi connectivity index (χ3n) is 18.5. The summed E-state index contributed by atoms with van der Waals surface area (Å²) in [6, 6.07) is 70.4. The van der Waals surface area contributed by atoms with Gasteiger partial charge in [-0.2, -0.15) is 21.0 Å². The lowest BCUT2D eigenvalue weighted by atomic mass is 9.86. The quantitative estimate of drug-likeness (QED) is 0.119. The number of nitriles is 4. The molecule has 0 aliphatic rings. The molecule has 12 nitrogen and oxygen atoms in total. The minimum Gasteiger partial charge on any atom is -0.192 e. The summed E-state index contributed by atoms with van der Waals surface area (Å²) in [5.74, 6) is 0.909. The van der Waals surface area contributed by atoms with Crippen LogP contribution in [-0.4, -0.2) is 18.7 Å². The van der Waals surface area contributed by atoms with Crippen LogP contribution in [-0.2, 0) is 28.2 Å². The number of nitrogens with zero attached hydrogens (tertiary/aromatic N) is 12. The summed E-state index contributed by atoms with van der Waals surface area (Å²) < 4.78 is 16.7. The van der Waals surface area contributed by atoms with Crippen molar-refractivity contribution in [1.82, 2.24) is 18.7 Å². The molecular weight excluding hydrogens is 1230 g/mol. The minimum atomic E-state index is 0.455. The monoisotopic (exact) mass is 1310 g/mol. The maximum Gasteiger partial charge on any atom is 0.203 e. The van der Waals surface area contributed by atoms with Crippen LogP contribution in [0.25, 0.3) is 78.4 Å². The maximum atomic E-state index is 9.28. The lowest BCUT2D eigenvalue weighted by molar-refractivity contribution is -0.744. The zero-order valence-electron chi connectivity index (χ0n) is 60.5. The van der Waals surface area contributed by atoms with Crippen molar-refractivity contribution in [1.29, 1.82) is 21.0 Å². The topological polar surface area (TPSA) is 130 Å². The van der Waals surface area contributed by atoms with Crippen molar-refractivity contribution in [3.05, 3.63) is 309 Å². The molecule has 0 bridgehead atoms. The van der Waals surface area contributed by atoms with Gasteiger partial charge in [0.1, 0.15) is 22.7 Å². The van der Waals surface area contributed by atoms with Crippen molar-refractivity contribution < 1.29 is 18.7 Å². The van der Waals surface area contributed by atoms with E-state index in [-0.39, 0.29) is 0 Å². The third-order valence-corrected chi connectivity index (χ3v) is 18.5. The lowest BCUT2D eigenvalue weighted by Gasteiger charge is -2.17. The molecule has 0 spiro atoms. The summed E-state index contributed by atoms with van der Waals surface area (Å²) in [6.45, 7) is 25.9. The molecule has 0 saturated heterocycles. The van der Waals surface area contributed by atoms with Gasteiger partial charge in [-0.3, -0.25) is 0 Å². The molecule has 0 radical (unpaired) electrons. The first kappa shape index (κ1) is 70.6. The van der Waals surface area contributed by atoms with E-state index in [9.17, 15) is 10.5 Å². The van der Waals surface area contributed by atoms with Crippen LogP contribution in [0.15, 0.2) is 232 Å². The molecule has 4 aromatic heterocycles. The second-order valence-corrected chi connectivity index (χ2v) is 26.6. The first-order valence-corrected chi connectivity index (χ1v) is 33.8. The Hall–Kier alpha value is -12.2. The van der Waals surface area contributed by atoms with Crippen LogP contribution in [0, 0.1) is 101 Å². The van der Waals surface area contributed by atoms with Gasteiger partial charge in [0.05, 0.1) is 93.6 Å². The Kier molecular flexibility index (Phi) is 21.8. The largest absolute Gasteiger partial charge is 0.203 e. The number of rotatable bonds is 11. The van der Waals surface area contributed by atoms with Crippen LogP contribution in [0.4, 0.5) is 0 Å². The number of hydrogen-bond acceptors (Lipinski definition) is 4. The van der Waals surface area contributed by atoms with Gasteiger partial charge < -0.3 is 0 Å². The molecule has 0 N–H and O–H groups in total. The highest BCUT2D eigenvalue weighted by atomic mass is 15.4. The lowest BCUT2D eigenvalue weighted by Crippen LogP contribution is -2.37. The average molecular weight is 1310 g/mol. The summed E-state index contributed by atoms with van der Waals surface area (Å²) in [5, 5.41) is 36.8. The average Bonchev–Trinajstić information content (AvgIpc) is 1.62. The van der Waals surface area contributed by atoms with Crippen molar-refractivity contribution in [2.45, 2.75) is 94.9 Å². The highest BCUT2D eigenvalue weighted by Gasteiger charge is 2.24. The van der Waals surface area contributed by atoms with E-state index in [1.807, 2.05) is 123 Å². The molecule has 496 valence electrons. The van der Waals surface area contributed by atoms with Gasteiger partial charge in [0, 0.05) is 0 Å². The number of aryl methyl sites for hydroxylation is 12. The molecule has 12 heteroatoms. The van der Waals surface area contributed by atoms with Crippen LogP contribution in [0.5, 0.6) is 0 Å². The van der Waals surface area contributed by atoms with Crippen molar-refractivity contribution >= 4 is 0 Å². The van der Waals surface area contributed by atoms with E-state index in [2.05, 4.69) is 282 Å². The summed E-state index contributed by atoms with van der Waals surface area (Å²) in [7, 11) is 8.11. The molecule has 0 aliphatic heterocycles. The SMILES string of the molecule is Cc1ccc(C#N)cc1-n1cc(-c2c(C(C)C)cccc2C(C)C)c[n+]1C.Cc1ccc(C#N)cc1-n1cc(-c2c(C)cc(-c3ccccc3)cc2C)c[n+]1C.Cc1ccc(C#N)cc1-n1cc(-c2c(C)cccc2C)c[n+]1C.Cc1ccc(C#N)cc1-n1cc(-c2ccccc2)c[n+]1C. The molecule has 9 aromatic carbocycles. The molecule has 13 rings (SSSR count). The van der Waals surface area contributed by atoms with E-state index in [4.69, 9.17) is 10.5 Å². The summed E-state index contributed by atoms with van der Waals surface area (Å²) in [4.78, 5) is 0. The molecule has 0 saturated carbocycles. The number of benzene rings is 9. The van der Waals surface area contributed by atoms with Crippen LogP contribution >= 0.6 is 0 Å². The van der Waals surface area contributed by atoms with E-state index < -0.39 is 0 Å². The van der Waals surface area contributed by atoms with Crippen molar-refractivity contribution in [3.8, 4) is 103 Å². The van der Waals surface area contributed by atoms with Crippen LogP contribution in [0.3, 0.4) is 0 Å². The van der Waals surface area contributed by atoms with Gasteiger partial charge >= 0.3 is 0 Å². The molecule has 0 atom stereocenters. The fourth-order valence-corrected chi connectivity index (χ4v) is 13.3. The highest BCUT2D eigenvalue weighted by Crippen LogP contribution is 2.37. The predicted molar refractivity (Wildman–Crippen MR) is 400 cm³/mol. The van der Waals surface area contributed by atoms with Crippen LogP contribution in [0.2, 0.25) is 0 Å². The molecule has 100 heavy (non-hydrogen) atoms. The fourth-order valence-electron chi connectivity index (χ4n) is 13.3. The Morgan fingerprint density at radius 2 is 0.550 bits per heavy atom. The maximum absolute atomic E-state index is 9.28. The Labute approximate surface area is 590 Å². The summed E-state index contributed by atoms with van der Waals surface area (Å²) in [6.07, 6.45) is 17.1. The predicted octanol–water partition coefficient (Wildman–Crippen LogP) is 17.7. The van der Waals surface area contributed by atoms with Crippen LogP contribution in [0.1, 0.15) is 117 Å². The first-order chi connectivity index (χ1) is 48.0. The highest BCUT2D eigenvalue weighted by molar-refractivity contribution is 5.77. The molecule has 0 unspecified atom stereocenters. The van der Waals surface area contributed by atoms with E-state index >= 15 is 0 Å². The normalized spacial score (nSPS) is 10.7. The van der Waals surface area contributed by atoms with Gasteiger partial charge in [0.25, 0.3) is 0 Å². The molecule has 0 aliphatic carbocycles. The molecule has 4 heterocycles. The fraction of sp³-hybridized carbons (Fsp3) is 0.205. The molecule has 0 fully saturated rings. The second kappa shape index (κ2) is 30.9. The van der Waals surface area contributed by atoms with Crippen LogP contribution < -0.4 is 18.7 Å². The van der Waals surface area contributed by atoms with Crippen molar-refractivity contribution in [2.75, 3.05) is 0 Å².